The average molecular weight is 219 g/mol. The maximum Gasteiger partial charge on any atom is 0.265 e. The molecule has 0 bridgehead atoms. The normalized spacial score (nSPS) is 12.8. The summed E-state index contributed by atoms with van der Waals surface area (Å²) in [6, 6.07) is 5.34. The van der Waals surface area contributed by atoms with Gasteiger partial charge in [-0.05, 0) is 23.8 Å². The lowest BCUT2D eigenvalue weighted by atomic mass is 10.2. The smallest absolute Gasteiger partial charge is 0.265 e. The van der Waals surface area contributed by atoms with E-state index in [0.29, 0.717) is 11.5 Å². The van der Waals surface area contributed by atoms with Crippen LogP contribution in [-0.4, -0.2) is 12.7 Å². The first-order chi connectivity index (χ1) is 7.79. The van der Waals surface area contributed by atoms with Crippen LogP contribution in [0.2, 0.25) is 0 Å². The molecule has 0 unspecified atom stereocenters. The van der Waals surface area contributed by atoms with Gasteiger partial charge in [0.25, 0.3) is 5.91 Å². The van der Waals surface area contributed by atoms with Crippen LogP contribution in [0.3, 0.4) is 0 Å². The Labute approximate surface area is 91.3 Å². The highest BCUT2D eigenvalue weighted by Gasteiger charge is 2.12. The molecule has 1 aliphatic rings. The van der Waals surface area contributed by atoms with E-state index in [1.165, 1.54) is 6.08 Å². The van der Waals surface area contributed by atoms with Crippen LogP contribution in [0.5, 0.6) is 11.5 Å². The molecule has 2 N–H and O–H groups in total. The highest BCUT2D eigenvalue weighted by atomic mass is 16.7. The Hall–Kier alpha value is -2.37. The molecule has 0 aromatic heterocycles. The number of carbonyl (C=O) groups is 1. The Balaban J connectivity index is 2.10. The Morgan fingerprint density at radius 1 is 1.44 bits per heavy atom. The lowest BCUT2D eigenvalue weighted by Crippen LogP contribution is -2.12. The van der Waals surface area contributed by atoms with E-state index in [1.807, 2.05) is 5.43 Å². The lowest BCUT2D eigenvalue weighted by Gasteiger charge is -1.97. The van der Waals surface area contributed by atoms with E-state index in [4.69, 9.17) is 15.0 Å². The predicted octanol–water partition coefficient (Wildman–Crippen LogP) is 1.49. The van der Waals surface area contributed by atoms with Crippen LogP contribution in [0.4, 0.5) is 0 Å². The van der Waals surface area contributed by atoms with Gasteiger partial charge < -0.3 is 9.47 Å². The highest BCUT2D eigenvalue weighted by Crippen LogP contribution is 2.32. The molecule has 6 heteroatoms. The van der Waals surface area contributed by atoms with E-state index in [2.05, 4.69) is 5.22 Å². The van der Waals surface area contributed by atoms with Gasteiger partial charge in [-0.25, -0.2) is 5.43 Å². The molecular formula is C10H9N3O3. The SMILES string of the molecule is N=NNC(=O)/C=C/c1ccc2c(c1)OCO2. The Kier molecular flexibility index (Phi) is 2.81. The van der Waals surface area contributed by atoms with Crippen molar-refractivity contribution in [2.75, 3.05) is 6.79 Å². The van der Waals surface area contributed by atoms with Crippen LogP contribution >= 0.6 is 0 Å². The van der Waals surface area contributed by atoms with Crippen LogP contribution < -0.4 is 14.9 Å². The Bertz CT molecular complexity index is 457. The summed E-state index contributed by atoms with van der Waals surface area (Å²) in [6.45, 7) is 0.223. The molecule has 1 aliphatic heterocycles. The summed E-state index contributed by atoms with van der Waals surface area (Å²) in [5, 5.41) is 2.76. The number of carbonyl (C=O) groups excluding carboxylic acids is 1. The second-order valence-electron chi connectivity index (χ2n) is 3.03. The lowest BCUT2D eigenvalue weighted by molar-refractivity contribution is -0.116. The molecule has 0 spiro atoms. The first-order valence-electron chi connectivity index (χ1n) is 4.54. The summed E-state index contributed by atoms with van der Waals surface area (Å²) in [5.41, 5.74) is 9.23. The van der Waals surface area contributed by atoms with Gasteiger partial charge in [-0.1, -0.05) is 11.3 Å². The number of rotatable bonds is 3. The standard InChI is InChI=1S/C10H9N3O3/c11-13-12-10(14)4-2-7-1-3-8-9(5-7)16-6-15-8/h1-5H,6H2,(H2,11,12,14)/b4-2+. The van der Waals surface area contributed by atoms with Gasteiger partial charge in [0.2, 0.25) is 6.79 Å². The van der Waals surface area contributed by atoms with E-state index in [9.17, 15) is 4.79 Å². The molecule has 82 valence electrons. The fraction of sp³-hybridized carbons (Fsp3) is 0.100. The third kappa shape index (κ3) is 2.17. The molecule has 1 aromatic carbocycles. The number of nitrogens with one attached hydrogen (secondary N) is 2. The maximum atomic E-state index is 11.0. The van der Waals surface area contributed by atoms with Crippen molar-refractivity contribution in [2.45, 2.75) is 0 Å². The molecule has 0 aliphatic carbocycles. The molecular weight excluding hydrogens is 210 g/mol. The monoisotopic (exact) mass is 219 g/mol. The summed E-state index contributed by atoms with van der Waals surface area (Å²) < 4.78 is 10.3. The minimum atomic E-state index is -0.451. The number of hydrogen-bond donors (Lipinski definition) is 2. The van der Waals surface area contributed by atoms with Crippen LogP contribution in [0.1, 0.15) is 5.56 Å². The molecule has 2 rings (SSSR count). The number of hydrogen-bond acceptors (Lipinski definition) is 5. The number of amides is 1. The van der Waals surface area contributed by atoms with Crippen LogP contribution in [-0.2, 0) is 4.79 Å². The van der Waals surface area contributed by atoms with Crippen molar-refractivity contribution in [1.82, 2.24) is 5.43 Å². The second kappa shape index (κ2) is 4.43. The van der Waals surface area contributed by atoms with Crippen LogP contribution in [0.25, 0.3) is 6.08 Å². The largest absolute Gasteiger partial charge is 0.454 e. The van der Waals surface area contributed by atoms with E-state index >= 15 is 0 Å². The number of ether oxygens (including phenoxy) is 2. The van der Waals surface area contributed by atoms with Gasteiger partial charge in [-0.3, -0.25) is 4.79 Å². The maximum absolute atomic E-state index is 11.0. The molecule has 0 atom stereocenters. The molecule has 0 fully saturated rings. The summed E-state index contributed by atoms with van der Waals surface area (Å²) in [5.74, 6) is 0.906. The van der Waals surface area contributed by atoms with Gasteiger partial charge in [0.1, 0.15) is 0 Å². The number of nitrogens with zero attached hydrogens (tertiary/aromatic N) is 1. The van der Waals surface area contributed by atoms with E-state index in [1.54, 1.807) is 24.3 Å². The number of benzene rings is 1. The Morgan fingerprint density at radius 2 is 2.25 bits per heavy atom. The summed E-state index contributed by atoms with van der Waals surface area (Å²) in [6.07, 6.45) is 2.89. The van der Waals surface area contributed by atoms with Crippen molar-refractivity contribution < 1.29 is 14.3 Å². The predicted molar refractivity (Wildman–Crippen MR) is 54.9 cm³/mol. The molecule has 6 nitrogen and oxygen atoms in total. The first kappa shape index (κ1) is 10.2. The van der Waals surface area contributed by atoms with Gasteiger partial charge in [0.15, 0.2) is 11.5 Å². The zero-order valence-electron chi connectivity index (χ0n) is 8.27. The molecule has 1 heterocycles. The Morgan fingerprint density at radius 3 is 3.06 bits per heavy atom. The number of fused-ring (bicyclic) bond motifs is 1. The molecule has 0 radical (unpaired) electrons. The van der Waals surface area contributed by atoms with Crippen molar-refractivity contribution in [3.05, 3.63) is 29.8 Å². The quantitative estimate of drug-likeness (QED) is 0.459. The van der Waals surface area contributed by atoms with Crippen molar-refractivity contribution >= 4 is 12.0 Å². The van der Waals surface area contributed by atoms with Gasteiger partial charge >= 0.3 is 0 Å². The minimum Gasteiger partial charge on any atom is -0.454 e. The average Bonchev–Trinajstić information content (AvgIpc) is 2.74. The third-order valence-corrected chi connectivity index (χ3v) is 1.99. The second-order valence-corrected chi connectivity index (χ2v) is 3.03. The molecule has 0 saturated heterocycles. The van der Waals surface area contributed by atoms with Crippen molar-refractivity contribution in [3.63, 3.8) is 0 Å². The molecule has 1 amide bonds. The fourth-order valence-electron chi connectivity index (χ4n) is 1.28. The van der Waals surface area contributed by atoms with Gasteiger partial charge in [0.05, 0.1) is 0 Å². The van der Waals surface area contributed by atoms with Crippen molar-refractivity contribution in [3.8, 4) is 11.5 Å². The molecule has 16 heavy (non-hydrogen) atoms. The summed E-state index contributed by atoms with van der Waals surface area (Å²) in [7, 11) is 0. The highest BCUT2D eigenvalue weighted by molar-refractivity contribution is 5.91. The minimum absolute atomic E-state index is 0.223. The fourth-order valence-corrected chi connectivity index (χ4v) is 1.28. The van der Waals surface area contributed by atoms with Crippen LogP contribution in [0.15, 0.2) is 29.5 Å². The van der Waals surface area contributed by atoms with Gasteiger partial charge in [0, 0.05) is 6.08 Å². The topological polar surface area (TPSA) is 83.8 Å². The van der Waals surface area contributed by atoms with Gasteiger partial charge in [-0.2, -0.15) is 5.53 Å². The third-order valence-electron chi connectivity index (χ3n) is 1.99. The molecule has 0 saturated carbocycles. The zero-order chi connectivity index (χ0) is 11.4. The van der Waals surface area contributed by atoms with Gasteiger partial charge in [-0.15, -0.1) is 0 Å². The summed E-state index contributed by atoms with van der Waals surface area (Å²) >= 11 is 0. The van der Waals surface area contributed by atoms with Crippen molar-refractivity contribution in [1.29, 1.82) is 5.53 Å². The van der Waals surface area contributed by atoms with E-state index in [0.717, 1.165) is 5.56 Å². The first-order valence-corrected chi connectivity index (χ1v) is 4.54. The van der Waals surface area contributed by atoms with Crippen LogP contribution in [0, 0.1) is 5.53 Å². The van der Waals surface area contributed by atoms with E-state index < -0.39 is 5.91 Å². The van der Waals surface area contributed by atoms with E-state index in [-0.39, 0.29) is 6.79 Å². The summed E-state index contributed by atoms with van der Waals surface area (Å²) in [4.78, 5) is 11.0. The zero-order valence-corrected chi connectivity index (χ0v) is 8.27. The molecule has 1 aromatic rings. The van der Waals surface area contributed by atoms with Crippen molar-refractivity contribution in [2.24, 2.45) is 5.22 Å².